The van der Waals surface area contributed by atoms with Crippen LogP contribution >= 0.6 is 11.6 Å². The summed E-state index contributed by atoms with van der Waals surface area (Å²) in [6.45, 7) is -0.807. The highest BCUT2D eigenvalue weighted by Gasteiger charge is 2.33. The maximum atomic E-state index is 12.5. The molecular formula is C14H14ClF3N2O3. The van der Waals surface area contributed by atoms with Crippen LogP contribution in [0.15, 0.2) is 24.4 Å². The Morgan fingerprint density at radius 1 is 1.43 bits per heavy atom. The van der Waals surface area contributed by atoms with Crippen molar-refractivity contribution in [2.45, 2.75) is 13.1 Å². The average molecular weight is 351 g/mol. The summed E-state index contributed by atoms with van der Waals surface area (Å²) in [7, 11) is 0. The Morgan fingerprint density at radius 3 is 2.70 bits per heavy atom. The summed E-state index contributed by atoms with van der Waals surface area (Å²) in [5.74, 6) is -1.88. The number of carbonyl (C=O) groups excluding carboxylic acids is 2. The second kappa shape index (κ2) is 8.52. The van der Waals surface area contributed by atoms with Crippen LogP contribution in [0, 0.1) is 0 Å². The van der Waals surface area contributed by atoms with Crippen LogP contribution in [0.5, 0.6) is 0 Å². The Morgan fingerprint density at radius 2 is 2.13 bits per heavy atom. The fraction of sp³-hybridized carbons (Fsp3) is 0.357. The molecule has 0 saturated heterocycles. The molecule has 1 amide bonds. The van der Waals surface area contributed by atoms with Crippen LogP contribution in [0.1, 0.15) is 12.5 Å². The number of halogens is 4. The molecule has 0 unspecified atom stereocenters. The number of carbonyl (C=O) groups is 2. The highest BCUT2D eigenvalue weighted by molar-refractivity contribution is 6.29. The van der Waals surface area contributed by atoms with E-state index in [-0.39, 0.29) is 11.8 Å². The zero-order valence-electron chi connectivity index (χ0n) is 12.1. The van der Waals surface area contributed by atoms with Crippen LogP contribution in [0.4, 0.5) is 13.2 Å². The third-order valence-corrected chi connectivity index (χ3v) is 2.68. The van der Waals surface area contributed by atoms with Gasteiger partial charge in [0, 0.05) is 12.3 Å². The van der Waals surface area contributed by atoms with E-state index in [2.05, 4.69) is 9.72 Å². The van der Waals surface area contributed by atoms with Gasteiger partial charge >= 0.3 is 12.1 Å². The second-order valence-electron chi connectivity index (χ2n) is 4.36. The van der Waals surface area contributed by atoms with Crippen LogP contribution in [0.3, 0.4) is 0 Å². The molecular weight excluding hydrogens is 337 g/mol. The molecule has 0 aliphatic heterocycles. The first-order chi connectivity index (χ1) is 10.7. The Balaban J connectivity index is 2.83. The van der Waals surface area contributed by atoms with Crippen LogP contribution in [-0.4, -0.2) is 47.6 Å². The van der Waals surface area contributed by atoms with E-state index in [9.17, 15) is 22.8 Å². The number of nitrogens with zero attached hydrogens (tertiary/aromatic N) is 2. The lowest BCUT2D eigenvalue weighted by molar-refractivity contribution is -0.164. The molecule has 0 bridgehead atoms. The van der Waals surface area contributed by atoms with E-state index in [4.69, 9.17) is 11.6 Å². The van der Waals surface area contributed by atoms with Gasteiger partial charge in [0.1, 0.15) is 18.2 Å². The normalized spacial score (nSPS) is 11.5. The Hall–Kier alpha value is -2.09. The van der Waals surface area contributed by atoms with E-state index in [1.807, 2.05) is 0 Å². The highest BCUT2D eigenvalue weighted by atomic mass is 35.5. The Kier molecular flexibility index (Phi) is 7.02. The van der Waals surface area contributed by atoms with Crippen molar-refractivity contribution >= 4 is 29.6 Å². The zero-order valence-corrected chi connectivity index (χ0v) is 12.9. The van der Waals surface area contributed by atoms with Crippen LogP contribution in [0.2, 0.25) is 5.15 Å². The van der Waals surface area contributed by atoms with Crippen molar-refractivity contribution in [2.75, 3.05) is 19.7 Å². The minimum Gasteiger partial charge on any atom is -0.465 e. The van der Waals surface area contributed by atoms with Crippen molar-refractivity contribution in [2.24, 2.45) is 0 Å². The quantitative estimate of drug-likeness (QED) is 0.449. The Labute approximate surface area is 135 Å². The molecule has 23 heavy (non-hydrogen) atoms. The monoisotopic (exact) mass is 350 g/mol. The molecule has 0 atom stereocenters. The molecule has 0 saturated carbocycles. The number of aromatic nitrogens is 1. The molecule has 5 nitrogen and oxygen atoms in total. The average Bonchev–Trinajstić information content (AvgIpc) is 2.43. The molecule has 0 radical (unpaired) electrons. The molecule has 9 heteroatoms. The van der Waals surface area contributed by atoms with Gasteiger partial charge in [0.2, 0.25) is 5.91 Å². The first kappa shape index (κ1) is 19.0. The fourth-order valence-electron chi connectivity index (χ4n) is 1.58. The van der Waals surface area contributed by atoms with Crippen molar-refractivity contribution < 1.29 is 27.5 Å². The molecule has 126 valence electrons. The van der Waals surface area contributed by atoms with Crippen LogP contribution in [-0.2, 0) is 14.3 Å². The number of amides is 1. The van der Waals surface area contributed by atoms with Crippen molar-refractivity contribution in [3.05, 3.63) is 35.1 Å². The van der Waals surface area contributed by atoms with Crippen molar-refractivity contribution in [3.63, 3.8) is 0 Å². The fourth-order valence-corrected chi connectivity index (χ4v) is 1.77. The molecule has 0 fully saturated rings. The number of alkyl halides is 3. The molecule has 0 spiro atoms. The maximum Gasteiger partial charge on any atom is 0.406 e. The van der Waals surface area contributed by atoms with Gasteiger partial charge in [0.15, 0.2) is 0 Å². The summed E-state index contributed by atoms with van der Waals surface area (Å²) in [5.41, 5.74) is 0.487. The van der Waals surface area contributed by atoms with Gasteiger partial charge in [-0.05, 0) is 30.7 Å². The molecule has 0 aliphatic carbocycles. The van der Waals surface area contributed by atoms with E-state index in [0.717, 1.165) is 6.08 Å². The lowest BCUT2D eigenvalue weighted by Crippen LogP contribution is -2.41. The van der Waals surface area contributed by atoms with Crippen LogP contribution < -0.4 is 0 Å². The molecule has 1 aromatic rings. The van der Waals surface area contributed by atoms with E-state index in [0.29, 0.717) is 10.5 Å². The van der Waals surface area contributed by atoms with Gasteiger partial charge in [0.25, 0.3) is 0 Å². The minimum absolute atomic E-state index is 0.0121. The number of ether oxygens (including phenoxy) is 1. The molecule has 1 aromatic heterocycles. The zero-order chi connectivity index (χ0) is 17.5. The predicted molar refractivity (Wildman–Crippen MR) is 77.5 cm³/mol. The largest absolute Gasteiger partial charge is 0.465 e. The van der Waals surface area contributed by atoms with Gasteiger partial charge in [-0.1, -0.05) is 11.6 Å². The lowest BCUT2D eigenvalue weighted by atomic mass is 10.2. The smallest absolute Gasteiger partial charge is 0.406 e. The van der Waals surface area contributed by atoms with Gasteiger partial charge in [0.05, 0.1) is 6.61 Å². The van der Waals surface area contributed by atoms with E-state index in [1.54, 1.807) is 0 Å². The summed E-state index contributed by atoms with van der Waals surface area (Å²) in [6.07, 6.45) is -1.03. The van der Waals surface area contributed by atoms with Gasteiger partial charge in [-0.25, -0.2) is 4.98 Å². The van der Waals surface area contributed by atoms with Crippen molar-refractivity contribution in [1.29, 1.82) is 0 Å². The maximum absolute atomic E-state index is 12.5. The molecule has 1 rings (SSSR count). The third-order valence-electron chi connectivity index (χ3n) is 2.48. The molecule has 1 heterocycles. The molecule has 0 aliphatic rings. The number of hydrogen-bond acceptors (Lipinski definition) is 4. The summed E-state index contributed by atoms with van der Waals surface area (Å²) in [5, 5.41) is 0.179. The SMILES string of the molecule is CCOC(=O)CN(CC(F)(F)F)C(=O)/C=C/c1ccnc(Cl)c1. The van der Waals surface area contributed by atoms with E-state index >= 15 is 0 Å². The minimum atomic E-state index is -4.63. The molecule has 0 aromatic carbocycles. The number of esters is 1. The summed E-state index contributed by atoms with van der Waals surface area (Å²) in [6, 6.07) is 2.96. The predicted octanol–water partition coefficient (Wildman–Crippen LogP) is 2.70. The summed E-state index contributed by atoms with van der Waals surface area (Å²) in [4.78, 5) is 27.3. The van der Waals surface area contributed by atoms with Crippen molar-refractivity contribution in [3.8, 4) is 0 Å². The van der Waals surface area contributed by atoms with Gasteiger partial charge in [-0.3, -0.25) is 9.59 Å². The Bertz CT molecular complexity index is 591. The van der Waals surface area contributed by atoms with E-state index in [1.165, 1.54) is 31.3 Å². The number of hydrogen-bond donors (Lipinski definition) is 0. The number of pyridine rings is 1. The molecule has 0 N–H and O–H groups in total. The van der Waals surface area contributed by atoms with Gasteiger partial charge in [-0.15, -0.1) is 0 Å². The van der Waals surface area contributed by atoms with Crippen LogP contribution in [0.25, 0.3) is 6.08 Å². The van der Waals surface area contributed by atoms with Gasteiger partial charge < -0.3 is 9.64 Å². The topological polar surface area (TPSA) is 59.5 Å². The van der Waals surface area contributed by atoms with Crippen molar-refractivity contribution in [1.82, 2.24) is 9.88 Å². The first-order valence-corrected chi connectivity index (χ1v) is 6.90. The second-order valence-corrected chi connectivity index (χ2v) is 4.75. The van der Waals surface area contributed by atoms with Gasteiger partial charge in [-0.2, -0.15) is 13.2 Å². The summed E-state index contributed by atoms with van der Waals surface area (Å²) >= 11 is 5.66. The first-order valence-electron chi connectivity index (χ1n) is 6.52. The third kappa shape index (κ3) is 7.64. The van der Waals surface area contributed by atoms with E-state index < -0.39 is 31.1 Å². The lowest BCUT2D eigenvalue weighted by Gasteiger charge is -2.21. The standard InChI is InChI=1S/C14H14ClF3N2O3/c1-2-23-13(22)8-20(9-14(16,17)18)12(21)4-3-10-5-6-19-11(15)7-10/h3-7H,2,8-9H2,1H3/b4-3+. The number of rotatable bonds is 6. The summed E-state index contributed by atoms with van der Waals surface area (Å²) < 4.78 is 42.1. The highest BCUT2D eigenvalue weighted by Crippen LogP contribution is 2.17.